The minimum absolute atomic E-state index is 0.0978. The summed E-state index contributed by atoms with van der Waals surface area (Å²) in [5, 5.41) is 3.23. The molecule has 2 aliphatic rings. The number of methoxy groups -OCH3 is 1. The van der Waals surface area contributed by atoms with Gasteiger partial charge in [0.2, 0.25) is 0 Å². The number of hydrogen-bond donors (Lipinski definition) is 1. The van der Waals surface area contributed by atoms with Gasteiger partial charge in [-0.3, -0.25) is 0 Å². The van der Waals surface area contributed by atoms with Gasteiger partial charge >= 0.3 is 5.97 Å². The van der Waals surface area contributed by atoms with Gasteiger partial charge in [-0.2, -0.15) is 0 Å². The van der Waals surface area contributed by atoms with Crippen LogP contribution in [-0.2, 0) is 9.53 Å². The summed E-state index contributed by atoms with van der Waals surface area (Å²) in [5.74, 6) is 0.452. The van der Waals surface area contributed by atoms with Crippen LogP contribution in [0.25, 0.3) is 0 Å². The molecule has 1 heterocycles. The Morgan fingerprint density at radius 3 is 3.23 bits per heavy atom. The molecule has 3 nitrogen and oxygen atoms in total. The Kier molecular flexibility index (Phi) is 2.25. The van der Waals surface area contributed by atoms with E-state index in [1.54, 1.807) is 0 Å². The van der Waals surface area contributed by atoms with Crippen LogP contribution in [0.5, 0.6) is 0 Å². The highest BCUT2D eigenvalue weighted by Gasteiger charge is 2.34. The van der Waals surface area contributed by atoms with E-state index >= 15 is 0 Å². The largest absolute Gasteiger partial charge is 0.467 e. The van der Waals surface area contributed by atoms with Crippen LogP contribution in [0.15, 0.2) is 11.8 Å². The van der Waals surface area contributed by atoms with Gasteiger partial charge in [0.15, 0.2) is 0 Å². The highest BCUT2D eigenvalue weighted by Crippen LogP contribution is 2.32. The predicted octanol–water partition coefficient (Wildman–Crippen LogP) is 1.21. The molecular formula is C10H15NO2. The Bertz CT molecular complexity index is 247. The van der Waals surface area contributed by atoms with Gasteiger partial charge in [-0.15, -0.1) is 0 Å². The fraction of sp³-hybridized carbons (Fsp3) is 0.700. The van der Waals surface area contributed by atoms with E-state index in [1.807, 2.05) is 0 Å². The maximum absolute atomic E-state index is 11.2. The first-order valence-electron chi connectivity index (χ1n) is 4.85. The zero-order valence-electron chi connectivity index (χ0n) is 7.88. The normalized spacial score (nSPS) is 31.6. The molecular weight excluding hydrogens is 166 g/mol. The smallest absolute Gasteiger partial charge is 0.328 e. The first-order chi connectivity index (χ1) is 6.31. The van der Waals surface area contributed by atoms with Crippen molar-refractivity contribution in [2.45, 2.75) is 31.7 Å². The molecule has 0 aromatic carbocycles. The zero-order valence-corrected chi connectivity index (χ0v) is 7.88. The van der Waals surface area contributed by atoms with Gasteiger partial charge in [-0.25, -0.2) is 4.79 Å². The summed E-state index contributed by atoms with van der Waals surface area (Å²) in [4.78, 5) is 11.2. The lowest BCUT2D eigenvalue weighted by Crippen LogP contribution is -2.30. The highest BCUT2D eigenvalue weighted by molar-refractivity contribution is 5.76. The third-order valence-corrected chi connectivity index (χ3v) is 2.91. The molecule has 1 fully saturated rings. The molecule has 2 unspecified atom stereocenters. The van der Waals surface area contributed by atoms with Gasteiger partial charge in [0.25, 0.3) is 0 Å². The molecule has 3 heteroatoms. The van der Waals surface area contributed by atoms with E-state index in [4.69, 9.17) is 4.74 Å². The second-order valence-electron chi connectivity index (χ2n) is 3.74. The van der Waals surface area contributed by atoms with Gasteiger partial charge < -0.3 is 10.1 Å². The molecule has 1 aliphatic carbocycles. The first-order valence-corrected chi connectivity index (χ1v) is 4.85. The predicted molar refractivity (Wildman–Crippen MR) is 49.0 cm³/mol. The Morgan fingerprint density at radius 1 is 1.69 bits per heavy atom. The van der Waals surface area contributed by atoms with Gasteiger partial charge in [0, 0.05) is 11.6 Å². The average molecular weight is 181 g/mol. The highest BCUT2D eigenvalue weighted by atomic mass is 16.5. The molecule has 0 radical (unpaired) electrons. The Hall–Kier alpha value is -0.990. The molecule has 0 amide bonds. The summed E-state index contributed by atoms with van der Waals surface area (Å²) in [6.45, 7) is 0. The van der Waals surface area contributed by atoms with Crippen molar-refractivity contribution in [3.05, 3.63) is 11.8 Å². The molecule has 0 aromatic heterocycles. The van der Waals surface area contributed by atoms with Gasteiger partial charge in [0.1, 0.15) is 6.04 Å². The Labute approximate surface area is 78.1 Å². The molecule has 1 saturated heterocycles. The van der Waals surface area contributed by atoms with Crippen molar-refractivity contribution >= 4 is 5.97 Å². The average Bonchev–Trinajstić information content (AvgIpc) is 2.59. The summed E-state index contributed by atoms with van der Waals surface area (Å²) in [6.07, 6.45) is 6.75. The van der Waals surface area contributed by atoms with Crippen molar-refractivity contribution in [3.8, 4) is 0 Å². The van der Waals surface area contributed by atoms with Crippen LogP contribution < -0.4 is 5.32 Å². The SMILES string of the molecule is COC(=O)C1CC2CCCC=C2N1. The van der Waals surface area contributed by atoms with E-state index in [0.717, 1.165) is 12.8 Å². The van der Waals surface area contributed by atoms with Crippen LogP contribution in [0.4, 0.5) is 0 Å². The molecule has 2 atom stereocenters. The molecule has 0 aromatic rings. The molecule has 0 bridgehead atoms. The number of hydrogen-bond acceptors (Lipinski definition) is 3. The fourth-order valence-electron chi connectivity index (χ4n) is 2.21. The van der Waals surface area contributed by atoms with E-state index in [-0.39, 0.29) is 12.0 Å². The van der Waals surface area contributed by atoms with Gasteiger partial charge in [-0.1, -0.05) is 6.08 Å². The minimum atomic E-state index is -0.129. The number of carbonyl (C=O) groups is 1. The number of rotatable bonds is 1. The maximum Gasteiger partial charge on any atom is 0.328 e. The molecule has 13 heavy (non-hydrogen) atoms. The topological polar surface area (TPSA) is 38.3 Å². The van der Waals surface area contributed by atoms with Crippen LogP contribution in [0.3, 0.4) is 0 Å². The molecule has 1 N–H and O–H groups in total. The molecule has 1 aliphatic heterocycles. The second-order valence-corrected chi connectivity index (χ2v) is 3.74. The second kappa shape index (κ2) is 3.40. The first kappa shape index (κ1) is 8.60. The molecule has 72 valence electrons. The third kappa shape index (κ3) is 1.55. The lowest BCUT2D eigenvalue weighted by Gasteiger charge is -2.15. The van der Waals surface area contributed by atoms with E-state index in [9.17, 15) is 4.79 Å². The standard InChI is InChI=1S/C10H15NO2/c1-13-10(12)9-6-7-4-2-3-5-8(7)11-9/h5,7,9,11H,2-4,6H2,1H3. The van der Waals surface area contributed by atoms with Crippen LogP contribution in [0.1, 0.15) is 25.7 Å². The summed E-state index contributed by atoms with van der Waals surface area (Å²) in [5.41, 5.74) is 1.27. The number of esters is 1. The fourth-order valence-corrected chi connectivity index (χ4v) is 2.21. The van der Waals surface area contributed by atoms with Gasteiger partial charge in [0.05, 0.1) is 7.11 Å². The van der Waals surface area contributed by atoms with Crippen molar-refractivity contribution in [2.24, 2.45) is 5.92 Å². The molecule has 0 saturated carbocycles. The van der Waals surface area contributed by atoms with Crippen LogP contribution >= 0.6 is 0 Å². The number of fused-ring (bicyclic) bond motifs is 1. The Balaban J connectivity index is 2.04. The van der Waals surface area contributed by atoms with Crippen molar-refractivity contribution in [1.82, 2.24) is 5.32 Å². The monoisotopic (exact) mass is 181 g/mol. The Morgan fingerprint density at radius 2 is 2.54 bits per heavy atom. The van der Waals surface area contributed by atoms with Gasteiger partial charge in [-0.05, 0) is 25.7 Å². The number of carbonyl (C=O) groups excluding carboxylic acids is 1. The van der Waals surface area contributed by atoms with E-state index in [0.29, 0.717) is 5.92 Å². The van der Waals surface area contributed by atoms with E-state index in [1.165, 1.54) is 25.6 Å². The van der Waals surface area contributed by atoms with Crippen LogP contribution in [-0.4, -0.2) is 19.1 Å². The molecule has 0 spiro atoms. The lowest BCUT2D eigenvalue weighted by atomic mass is 9.92. The van der Waals surface area contributed by atoms with Crippen molar-refractivity contribution < 1.29 is 9.53 Å². The van der Waals surface area contributed by atoms with Crippen LogP contribution in [0.2, 0.25) is 0 Å². The summed E-state index contributed by atoms with van der Waals surface area (Å²) >= 11 is 0. The minimum Gasteiger partial charge on any atom is -0.467 e. The van der Waals surface area contributed by atoms with Crippen molar-refractivity contribution in [1.29, 1.82) is 0 Å². The zero-order chi connectivity index (χ0) is 9.26. The number of nitrogens with one attached hydrogen (secondary N) is 1. The van der Waals surface area contributed by atoms with Crippen molar-refractivity contribution in [3.63, 3.8) is 0 Å². The van der Waals surface area contributed by atoms with E-state index < -0.39 is 0 Å². The number of allylic oxidation sites excluding steroid dienone is 2. The van der Waals surface area contributed by atoms with Crippen molar-refractivity contribution in [2.75, 3.05) is 7.11 Å². The lowest BCUT2D eigenvalue weighted by molar-refractivity contribution is -0.142. The quantitative estimate of drug-likeness (QED) is 0.618. The summed E-state index contributed by atoms with van der Waals surface area (Å²) in [6, 6.07) is -0.0978. The molecule has 2 rings (SSSR count). The van der Waals surface area contributed by atoms with E-state index in [2.05, 4.69) is 11.4 Å². The summed E-state index contributed by atoms with van der Waals surface area (Å²) in [7, 11) is 1.44. The maximum atomic E-state index is 11.2. The number of ether oxygens (including phenoxy) is 1. The summed E-state index contributed by atoms with van der Waals surface area (Å²) < 4.78 is 4.71. The van der Waals surface area contributed by atoms with Crippen LogP contribution in [0, 0.1) is 5.92 Å². The third-order valence-electron chi connectivity index (χ3n) is 2.91.